The molecule has 0 amide bonds. The highest BCUT2D eigenvalue weighted by atomic mass is 16.5. The van der Waals surface area contributed by atoms with Gasteiger partial charge in [-0.1, -0.05) is 6.07 Å². The summed E-state index contributed by atoms with van der Waals surface area (Å²) in [7, 11) is 3.55. The third-order valence-electron chi connectivity index (χ3n) is 4.17. The maximum absolute atomic E-state index is 5.48. The van der Waals surface area contributed by atoms with Gasteiger partial charge in [-0.2, -0.15) is 0 Å². The number of rotatable bonds is 4. The zero-order chi connectivity index (χ0) is 13.8. The molecule has 0 spiro atoms. The number of benzene rings is 1. The molecule has 0 aromatic heterocycles. The highest BCUT2D eigenvalue weighted by molar-refractivity contribution is 5.60. The Hall–Kier alpha value is -1.22. The summed E-state index contributed by atoms with van der Waals surface area (Å²) in [5.74, 6) is 0.996. The van der Waals surface area contributed by atoms with E-state index in [0.29, 0.717) is 12.1 Å². The summed E-state index contributed by atoms with van der Waals surface area (Å²) in [5, 5.41) is 3.66. The SMILES string of the molecule is COc1c(C)ccc(NC2CCC(OC)CC2)c1C. The predicted octanol–water partition coefficient (Wildman–Crippen LogP) is 3.68. The summed E-state index contributed by atoms with van der Waals surface area (Å²) in [6.45, 7) is 4.20. The fraction of sp³-hybridized carbons (Fsp3) is 0.625. The minimum Gasteiger partial charge on any atom is -0.496 e. The largest absolute Gasteiger partial charge is 0.496 e. The quantitative estimate of drug-likeness (QED) is 0.899. The first kappa shape index (κ1) is 14.2. The normalized spacial score (nSPS) is 23.2. The van der Waals surface area contributed by atoms with Gasteiger partial charge in [0.1, 0.15) is 5.75 Å². The van der Waals surface area contributed by atoms with Gasteiger partial charge in [0, 0.05) is 24.4 Å². The summed E-state index contributed by atoms with van der Waals surface area (Å²) >= 11 is 0. The van der Waals surface area contributed by atoms with Crippen LogP contribution in [0.5, 0.6) is 5.75 Å². The number of ether oxygens (including phenoxy) is 2. The second-order valence-corrected chi connectivity index (χ2v) is 5.44. The molecule has 0 radical (unpaired) electrons. The van der Waals surface area contributed by atoms with Gasteiger partial charge in [0.2, 0.25) is 0 Å². The molecule has 0 heterocycles. The number of anilines is 1. The Morgan fingerprint density at radius 2 is 1.74 bits per heavy atom. The second-order valence-electron chi connectivity index (χ2n) is 5.44. The number of hydrogen-bond acceptors (Lipinski definition) is 3. The summed E-state index contributed by atoms with van der Waals surface area (Å²) < 4.78 is 10.9. The number of aryl methyl sites for hydroxylation is 1. The molecule has 0 atom stereocenters. The van der Waals surface area contributed by atoms with E-state index < -0.39 is 0 Å². The van der Waals surface area contributed by atoms with Gasteiger partial charge in [-0.05, 0) is 51.2 Å². The van der Waals surface area contributed by atoms with E-state index in [4.69, 9.17) is 9.47 Å². The molecule has 1 aromatic carbocycles. The maximum Gasteiger partial charge on any atom is 0.126 e. The second kappa shape index (κ2) is 6.29. The molecule has 1 aliphatic carbocycles. The molecule has 0 aliphatic heterocycles. The fourth-order valence-electron chi connectivity index (χ4n) is 2.96. The Morgan fingerprint density at radius 3 is 2.32 bits per heavy atom. The molecule has 19 heavy (non-hydrogen) atoms. The minimum atomic E-state index is 0.451. The summed E-state index contributed by atoms with van der Waals surface area (Å²) in [5.41, 5.74) is 3.59. The van der Waals surface area contributed by atoms with Crippen molar-refractivity contribution in [2.24, 2.45) is 0 Å². The third-order valence-corrected chi connectivity index (χ3v) is 4.17. The Labute approximate surface area is 116 Å². The number of nitrogens with one attached hydrogen (secondary N) is 1. The summed E-state index contributed by atoms with van der Waals surface area (Å²) in [6.07, 6.45) is 5.10. The zero-order valence-corrected chi connectivity index (χ0v) is 12.5. The van der Waals surface area contributed by atoms with Crippen LogP contribution in [-0.2, 0) is 4.74 Å². The van der Waals surface area contributed by atoms with E-state index in [1.54, 1.807) is 7.11 Å². The molecule has 0 bridgehead atoms. The first-order valence-electron chi connectivity index (χ1n) is 7.09. The van der Waals surface area contributed by atoms with Crippen LogP contribution >= 0.6 is 0 Å². The van der Waals surface area contributed by atoms with Crippen LogP contribution in [0.4, 0.5) is 5.69 Å². The van der Waals surface area contributed by atoms with Crippen LogP contribution in [0.2, 0.25) is 0 Å². The highest BCUT2D eigenvalue weighted by Gasteiger charge is 2.21. The van der Waals surface area contributed by atoms with Crippen molar-refractivity contribution in [3.63, 3.8) is 0 Å². The Balaban J connectivity index is 2.04. The van der Waals surface area contributed by atoms with E-state index in [0.717, 1.165) is 18.6 Å². The Bertz CT molecular complexity index is 423. The van der Waals surface area contributed by atoms with Gasteiger partial charge in [0.05, 0.1) is 13.2 Å². The lowest BCUT2D eigenvalue weighted by molar-refractivity contribution is 0.0682. The van der Waals surface area contributed by atoms with Gasteiger partial charge in [0.25, 0.3) is 0 Å². The molecule has 1 saturated carbocycles. The first-order chi connectivity index (χ1) is 9.15. The average Bonchev–Trinajstić information content (AvgIpc) is 2.43. The zero-order valence-electron chi connectivity index (χ0n) is 12.5. The monoisotopic (exact) mass is 263 g/mol. The van der Waals surface area contributed by atoms with Crippen molar-refractivity contribution in [1.82, 2.24) is 0 Å². The highest BCUT2D eigenvalue weighted by Crippen LogP contribution is 2.31. The molecular weight excluding hydrogens is 238 g/mol. The van der Waals surface area contributed by atoms with Gasteiger partial charge in [-0.15, -0.1) is 0 Å². The van der Waals surface area contributed by atoms with Gasteiger partial charge < -0.3 is 14.8 Å². The molecule has 0 saturated heterocycles. The lowest BCUT2D eigenvalue weighted by Gasteiger charge is -2.29. The van der Waals surface area contributed by atoms with Gasteiger partial charge in [-0.3, -0.25) is 0 Å². The average molecular weight is 263 g/mol. The molecular formula is C16H25NO2. The van der Waals surface area contributed by atoms with Crippen LogP contribution in [0.15, 0.2) is 12.1 Å². The molecule has 106 valence electrons. The maximum atomic E-state index is 5.48. The van der Waals surface area contributed by atoms with Crippen molar-refractivity contribution in [3.05, 3.63) is 23.3 Å². The number of methoxy groups -OCH3 is 2. The van der Waals surface area contributed by atoms with Crippen LogP contribution in [0.25, 0.3) is 0 Å². The fourth-order valence-corrected chi connectivity index (χ4v) is 2.96. The van der Waals surface area contributed by atoms with E-state index >= 15 is 0 Å². The van der Waals surface area contributed by atoms with Crippen LogP contribution < -0.4 is 10.1 Å². The molecule has 1 aliphatic rings. The van der Waals surface area contributed by atoms with Gasteiger partial charge in [-0.25, -0.2) is 0 Å². The van der Waals surface area contributed by atoms with E-state index in [1.165, 1.54) is 29.7 Å². The topological polar surface area (TPSA) is 30.5 Å². The lowest BCUT2D eigenvalue weighted by atomic mass is 9.92. The smallest absolute Gasteiger partial charge is 0.126 e. The standard InChI is InChI=1S/C16H25NO2/c1-11-5-10-15(12(2)16(11)19-4)17-13-6-8-14(18-3)9-7-13/h5,10,13-14,17H,6-9H2,1-4H3. The Morgan fingerprint density at radius 1 is 1.05 bits per heavy atom. The van der Waals surface area contributed by atoms with Crippen molar-refractivity contribution in [1.29, 1.82) is 0 Å². The van der Waals surface area contributed by atoms with E-state index in [2.05, 4.69) is 31.3 Å². The van der Waals surface area contributed by atoms with Crippen molar-refractivity contribution in [2.75, 3.05) is 19.5 Å². The lowest BCUT2D eigenvalue weighted by Crippen LogP contribution is -2.29. The van der Waals surface area contributed by atoms with Crippen LogP contribution in [-0.4, -0.2) is 26.4 Å². The third kappa shape index (κ3) is 3.21. The molecule has 3 nitrogen and oxygen atoms in total. The molecule has 1 aromatic rings. The van der Waals surface area contributed by atoms with Crippen LogP contribution in [0.1, 0.15) is 36.8 Å². The van der Waals surface area contributed by atoms with Crippen molar-refractivity contribution in [2.45, 2.75) is 51.7 Å². The van der Waals surface area contributed by atoms with Crippen molar-refractivity contribution >= 4 is 5.69 Å². The molecule has 1 fully saturated rings. The van der Waals surface area contributed by atoms with E-state index in [1.807, 2.05) is 7.11 Å². The van der Waals surface area contributed by atoms with Gasteiger partial charge in [0.15, 0.2) is 0 Å². The van der Waals surface area contributed by atoms with Crippen molar-refractivity contribution < 1.29 is 9.47 Å². The van der Waals surface area contributed by atoms with Gasteiger partial charge >= 0.3 is 0 Å². The van der Waals surface area contributed by atoms with Crippen molar-refractivity contribution in [3.8, 4) is 5.75 Å². The molecule has 3 heteroatoms. The van der Waals surface area contributed by atoms with E-state index in [9.17, 15) is 0 Å². The molecule has 0 unspecified atom stereocenters. The predicted molar refractivity (Wildman–Crippen MR) is 79.1 cm³/mol. The number of hydrogen-bond donors (Lipinski definition) is 1. The molecule has 1 N–H and O–H groups in total. The van der Waals surface area contributed by atoms with E-state index in [-0.39, 0.29) is 0 Å². The summed E-state index contributed by atoms with van der Waals surface area (Å²) in [4.78, 5) is 0. The first-order valence-corrected chi connectivity index (χ1v) is 7.09. The van der Waals surface area contributed by atoms with Crippen LogP contribution in [0, 0.1) is 13.8 Å². The van der Waals surface area contributed by atoms with Crippen LogP contribution in [0.3, 0.4) is 0 Å². The Kier molecular flexibility index (Phi) is 4.70. The summed E-state index contributed by atoms with van der Waals surface area (Å²) in [6, 6.07) is 4.84. The minimum absolute atomic E-state index is 0.451. The molecule has 2 rings (SSSR count).